The SMILES string of the molecule is CCCc1nc(C(C)(C)OC)oc1C(=O)O. The van der Waals surface area contributed by atoms with Crippen LogP contribution in [0.1, 0.15) is 49.3 Å². The molecule has 0 atom stereocenters. The number of rotatable bonds is 5. The molecule has 0 saturated heterocycles. The number of carboxylic acid groups (broad SMARTS) is 1. The summed E-state index contributed by atoms with van der Waals surface area (Å²) in [4.78, 5) is 15.1. The molecule has 16 heavy (non-hydrogen) atoms. The van der Waals surface area contributed by atoms with E-state index in [-0.39, 0.29) is 5.76 Å². The monoisotopic (exact) mass is 227 g/mol. The third kappa shape index (κ3) is 2.41. The molecular weight excluding hydrogens is 210 g/mol. The lowest BCUT2D eigenvalue weighted by Crippen LogP contribution is -2.19. The first-order chi connectivity index (χ1) is 7.42. The van der Waals surface area contributed by atoms with E-state index in [1.165, 1.54) is 7.11 Å². The molecule has 0 aromatic carbocycles. The number of carboxylic acids is 1. The molecule has 0 amide bonds. The third-order valence-corrected chi connectivity index (χ3v) is 2.40. The summed E-state index contributed by atoms with van der Waals surface area (Å²) in [5.41, 5.74) is -0.231. The number of aromatic carboxylic acids is 1. The highest BCUT2D eigenvalue weighted by atomic mass is 16.5. The third-order valence-electron chi connectivity index (χ3n) is 2.40. The zero-order valence-electron chi connectivity index (χ0n) is 10.0. The highest BCUT2D eigenvalue weighted by Gasteiger charge is 2.29. The zero-order chi connectivity index (χ0) is 12.3. The summed E-state index contributed by atoms with van der Waals surface area (Å²) < 4.78 is 10.4. The Bertz CT molecular complexity index is 381. The lowest BCUT2D eigenvalue weighted by Gasteiger charge is -2.17. The van der Waals surface area contributed by atoms with Crippen LogP contribution in [-0.2, 0) is 16.8 Å². The van der Waals surface area contributed by atoms with Gasteiger partial charge < -0.3 is 14.3 Å². The lowest BCUT2D eigenvalue weighted by atomic mass is 10.1. The summed E-state index contributed by atoms with van der Waals surface area (Å²) in [5, 5.41) is 8.97. The number of methoxy groups -OCH3 is 1. The van der Waals surface area contributed by atoms with Crippen LogP contribution in [0.15, 0.2) is 4.42 Å². The molecule has 5 nitrogen and oxygen atoms in total. The summed E-state index contributed by atoms with van der Waals surface area (Å²) in [5.74, 6) is -0.869. The van der Waals surface area contributed by atoms with Crippen molar-refractivity contribution in [1.82, 2.24) is 4.98 Å². The fourth-order valence-corrected chi connectivity index (χ4v) is 1.27. The standard InChI is InChI=1S/C11H17NO4/c1-5-6-7-8(9(13)14)16-10(12-7)11(2,3)15-4/h5-6H2,1-4H3,(H,13,14). The van der Waals surface area contributed by atoms with Gasteiger partial charge in [-0.3, -0.25) is 0 Å². The van der Waals surface area contributed by atoms with Crippen LogP contribution in [0.4, 0.5) is 0 Å². The van der Waals surface area contributed by atoms with Gasteiger partial charge in [0.1, 0.15) is 5.60 Å². The van der Waals surface area contributed by atoms with E-state index in [4.69, 9.17) is 14.3 Å². The smallest absolute Gasteiger partial charge is 0.373 e. The molecule has 1 rings (SSSR count). The van der Waals surface area contributed by atoms with Gasteiger partial charge in [-0.15, -0.1) is 0 Å². The van der Waals surface area contributed by atoms with Crippen molar-refractivity contribution in [3.63, 3.8) is 0 Å². The van der Waals surface area contributed by atoms with Crippen molar-refractivity contribution < 1.29 is 19.1 Å². The quantitative estimate of drug-likeness (QED) is 0.834. The second-order valence-electron chi connectivity index (χ2n) is 4.06. The Balaban J connectivity index is 3.15. The summed E-state index contributed by atoms with van der Waals surface area (Å²) in [6, 6.07) is 0. The predicted molar refractivity (Wildman–Crippen MR) is 57.5 cm³/mol. The van der Waals surface area contributed by atoms with Crippen LogP contribution in [0.2, 0.25) is 0 Å². The number of oxazole rings is 1. The maximum atomic E-state index is 11.0. The summed E-state index contributed by atoms with van der Waals surface area (Å²) in [6.07, 6.45) is 1.41. The average molecular weight is 227 g/mol. The highest BCUT2D eigenvalue weighted by molar-refractivity contribution is 5.85. The Kier molecular flexibility index (Phi) is 3.70. The van der Waals surface area contributed by atoms with E-state index >= 15 is 0 Å². The lowest BCUT2D eigenvalue weighted by molar-refractivity contribution is -0.00472. The van der Waals surface area contributed by atoms with E-state index in [2.05, 4.69) is 4.98 Å². The van der Waals surface area contributed by atoms with E-state index < -0.39 is 11.6 Å². The molecule has 90 valence electrons. The van der Waals surface area contributed by atoms with Gasteiger partial charge in [0.15, 0.2) is 0 Å². The molecule has 0 bridgehead atoms. The Hall–Kier alpha value is -1.36. The molecule has 1 aromatic heterocycles. The number of aromatic nitrogens is 1. The van der Waals surface area contributed by atoms with Gasteiger partial charge in [-0.25, -0.2) is 9.78 Å². The van der Waals surface area contributed by atoms with Gasteiger partial charge in [-0.1, -0.05) is 13.3 Å². The van der Waals surface area contributed by atoms with Crippen LogP contribution >= 0.6 is 0 Å². The molecule has 1 N–H and O–H groups in total. The normalized spacial score (nSPS) is 11.8. The van der Waals surface area contributed by atoms with Gasteiger partial charge in [0.25, 0.3) is 0 Å². The molecule has 5 heteroatoms. The van der Waals surface area contributed by atoms with E-state index in [1.807, 2.05) is 6.92 Å². The first-order valence-corrected chi connectivity index (χ1v) is 5.21. The Morgan fingerprint density at radius 2 is 2.19 bits per heavy atom. The number of hydrogen-bond donors (Lipinski definition) is 1. The predicted octanol–water partition coefficient (Wildman–Crippen LogP) is 2.21. The van der Waals surface area contributed by atoms with E-state index in [0.717, 1.165) is 6.42 Å². The number of aryl methyl sites for hydroxylation is 1. The van der Waals surface area contributed by atoms with Crippen molar-refractivity contribution in [2.75, 3.05) is 7.11 Å². The van der Waals surface area contributed by atoms with Crippen LogP contribution in [0.5, 0.6) is 0 Å². The molecule has 0 radical (unpaired) electrons. The largest absolute Gasteiger partial charge is 0.475 e. The summed E-state index contributed by atoms with van der Waals surface area (Å²) >= 11 is 0. The summed E-state index contributed by atoms with van der Waals surface area (Å²) in [7, 11) is 1.53. The molecular formula is C11H17NO4. The minimum Gasteiger partial charge on any atom is -0.475 e. The minimum atomic E-state index is -1.09. The molecule has 0 spiro atoms. The molecule has 0 aliphatic rings. The highest BCUT2D eigenvalue weighted by Crippen LogP contribution is 2.25. The number of carbonyl (C=O) groups is 1. The Morgan fingerprint density at radius 1 is 1.56 bits per heavy atom. The fraction of sp³-hybridized carbons (Fsp3) is 0.636. The van der Waals surface area contributed by atoms with Crippen LogP contribution in [0, 0.1) is 0 Å². The molecule has 0 aliphatic heterocycles. The van der Waals surface area contributed by atoms with Crippen LogP contribution in [-0.4, -0.2) is 23.2 Å². The van der Waals surface area contributed by atoms with Crippen molar-refractivity contribution in [2.24, 2.45) is 0 Å². The number of nitrogens with zero attached hydrogens (tertiary/aromatic N) is 1. The van der Waals surface area contributed by atoms with Crippen molar-refractivity contribution in [2.45, 2.75) is 39.2 Å². The summed E-state index contributed by atoms with van der Waals surface area (Å²) in [6.45, 7) is 5.52. The molecule has 0 fully saturated rings. The Labute approximate surface area is 94.4 Å². The second kappa shape index (κ2) is 4.65. The van der Waals surface area contributed by atoms with Gasteiger partial charge in [0.2, 0.25) is 11.7 Å². The van der Waals surface area contributed by atoms with Crippen molar-refractivity contribution in [3.05, 3.63) is 17.3 Å². The Morgan fingerprint density at radius 3 is 2.62 bits per heavy atom. The first-order valence-electron chi connectivity index (χ1n) is 5.21. The number of hydrogen-bond acceptors (Lipinski definition) is 4. The van der Waals surface area contributed by atoms with Crippen molar-refractivity contribution in [3.8, 4) is 0 Å². The van der Waals surface area contributed by atoms with Gasteiger partial charge in [-0.05, 0) is 20.3 Å². The first kappa shape index (κ1) is 12.7. The molecule has 0 saturated carbocycles. The molecule has 0 unspecified atom stereocenters. The van der Waals surface area contributed by atoms with E-state index in [0.29, 0.717) is 18.0 Å². The maximum Gasteiger partial charge on any atom is 0.373 e. The minimum absolute atomic E-state index is 0.0815. The van der Waals surface area contributed by atoms with Gasteiger partial charge in [-0.2, -0.15) is 0 Å². The zero-order valence-corrected chi connectivity index (χ0v) is 10.0. The van der Waals surface area contributed by atoms with Crippen molar-refractivity contribution >= 4 is 5.97 Å². The fourth-order valence-electron chi connectivity index (χ4n) is 1.27. The van der Waals surface area contributed by atoms with Crippen LogP contribution in [0.3, 0.4) is 0 Å². The second-order valence-corrected chi connectivity index (χ2v) is 4.06. The average Bonchev–Trinajstić information content (AvgIpc) is 2.63. The van der Waals surface area contributed by atoms with Crippen LogP contribution in [0.25, 0.3) is 0 Å². The molecule has 0 aliphatic carbocycles. The molecule has 1 aromatic rings. The van der Waals surface area contributed by atoms with E-state index in [9.17, 15) is 4.79 Å². The maximum absolute atomic E-state index is 11.0. The van der Waals surface area contributed by atoms with Gasteiger partial charge >= 0.3 is 5.97 Å². The van der Waals surface area contributed by atoms with Gasteiger partial charge in [0.05, 0.1) is 5.69 Å². The van der Waals surface area contributed by atoms with Gasteiger partial charge in [0, 0.05) is 7.11 Å². The topological polar surface area (TPSA) is 72.6 Å². The molecule has 1 heterocycles. The van der Waals surface area contributed by atoms with Crippen molar-refractivity contribution in [1.29, 1.82) is 0 Å². The number of ether oxygens (including phenoxy) is 1. The van der Waals surface area contributed by atoms with E-state index in [1.54, 1.807) is 13.8 Å². The van der Waals surface area contributed by atoms with Crippen LogP contribution < -0.4 is 0 Å².